The van der Waals surface area contributed by atoms with E-state index in [1.165, 1.54) is 12.1 Å². The normalized spacial score (nSPS) is 10.1. The Hall–Kier alpha value is -3.02. The van der Waals surface area contributed by atoms with Gasteiger partial charge < -0.3 is 20.3 Å². The van der Waals surface area contributed by atoms with Gasteiger partial charge in [-0.2, -0.15) is 0 Å². The van der Waals surface area contributed by atoms with Gasteiger partial charge in [-0.15, -0.1) is 0 Å². The molecule has 120 valence electrons. The van der Waals surface area contributed by atoms with Gasteiger partial charge in [0.2, 0.25) is 0 Å². The minimum absolute atomic E-state index is 0.158. The predicted molar refractivity (Wildman–Crippen MR) is 83.4 cm³/mol. The van der Waals surface area contributed by atoms with Crippen LogP contribution in [0.25, 0.3) is 0 Å². The first-order chi connectivity index (χ1) is 11.1. The van der Waals surface area contributed by atoms with Crippen LogP contribution in [0.1, 0.15) is 21.5 Å². The number of amides is 1. The first-order valence-electron chi connectivity index (χ1n) is 7.06. The number of carboxylic acids is 1. The van der Waals surface area contributed by atoms with E-state index in [0.717, 1.165) is 5.56 Å². The Bertz CT molecular complexity index is 685. The molecule has 0 saturated carbocycles. The number of phenols is 1. The molecule has 2 aromatic rings. The van der Waals surface area contributed by atoms with Crippen LogP contribution in [0, 0.1) is 0 Å². The second-order valence-electron chi connectivity index (χ2n) is 4.90. The van der Waals surface area contributed by atoms with Gasteiger partial charge in [-0.05, 0) is 29.7 Å². The zero-order valence-corrected chi connectivity index (χ0v) is 12.4. The molecule has 3 N–H and O–H groups in total. The summed E-state index contributed by atoms with van der Waals surface area (Å²) in [6, 6.07) is 13.6. The SMILES string of the molecule is O=C(NCCc1ccc(O)c(C(=O)O)c1)OCc1ccccc1. The smallest absolute Gasteiger partial charge is 0.407 e. The fourth-order valence-electron chi connectivity index (χ4n) is 1.99. The topological polar surface area (TPSA) is 95.9 Å². The van der Waals surface area contributed by atoms with E-state index in [0.29, 0.717) is 18.5 Å². The third-order valence-corrected chi connectivity index (χ3v) is 3.19. The van der Waals surface area contributed by atoms with Crippen molar-refractivity contribution in [3.8, 4) is 5.75 Å². The summed E-state index contributed by atoms with van der Waals surface area (Å²) in [7, 11) is 0. The van der Waals surface area contributed by atoms with Gasteiger partial charge >= 0.3 is 12.1 Å². The fourth-order valence-corrected chi connectivity index (χ4v) is 1.99. The Kier molecular flexibility index (Phi) is 5.57. The molecule has 0 aliphatic heterocycles. The molecule has 23 heavy (non-hydrogen) atoms. The van der Waals surface area contributed by atoms with E-state index in [4.69, 9.17) is 9.84 Å². The van der Waals surface area contributed by atoms with E-state index in [1.54, 1.807) is 6.07 Å². The van der Waals surface area contributed by atoms with Crippen molar-refractivity contribution in [2.45, 2.75) is 13.0 Å². The van der Waals surface area contributed by atoms with Gasteiger partial charge in [0.05, 0.1) is 0 Å². The Morgan fingerprint density at radius 2 is 1.78 bits per heavy atom. The second-order valence-corrected chi connectivity index (χ2v) is 4.90. The molecule has 1 amide bonds. The number of ether oxygens (including phenoxy) is 1. The van der Waals surface area contributed by atoms with Crippen LogP contribution in [-0.4, -0.2) is 28.8 Å². The Labute approximate surface area is 133 Å². The van der Waals surface area contributed by atoms with Crippen molar-refractivity contribution >= 4 is 12.1 Å². The number of benzene rings is 2. The van der Waals surface area contributed by atoms with E-state index in [1.807, 2.05) is 30.3 Å². The van der Waals surface area contributed by atoms with Crippen LogP contribution in [0.4, 0.5) is 4.79 Å². The summed E-state index contributed by atoms with van der Waals surface area (Å²) in [5, 5.41) is 21.0. The van der Waals surface area contributed by atoms with Crippen molar-refractivity contribution < 1.29 is 24.5 Å². The molecule has 6 nitrogen and oxygen atoms in total. The van der Waals surface area contributed by atoms with Crippen molar-refractivity contribution in [2.24, 2.45) is 0 Å². The molecule has 2 aromatic carbocycles. The molecular formula is C17H17NO5. The number of carboxylic acid groups (broad SMARTS) is 1. The third-order valence-electron chi connectivity index (χ3n) is 3.19. The molecular weight excluding hydrogens is 298 g/mol. The Morgan fingerprint density at radius 1 is 1.04 bits per heavy atom. The molecule has 2 rings (SSSR count). The van der Waals surface area contributed by atoms with E-state index >= 15 is 0 Å². The van der Waals surface area contributed by atoms with E-state index in [9.17, 15) is 14.7 Å². The highest BCUT2D eigenvalue weighted by Gasteiger charge is 2.10. The van der Waals surface area contributed by atoms with E-state index in [2.05, 4.69) is 5.32 Å². The third kappa shape index (κ3) is 5.03. The van der Waals surface area contributed by atoms with Gasteiger partial charge in [0.1, 0.15) is 17.9 Å². The minimum atomic E-state index is -1.19. The average Bonchev–Trinajstić information content (AvgIpc) is 2.55. The predicted octanol–water partition coefficient (Wildman–Crippen LogP) is 2.56. The van der Waals surface area contributed by atoms with Crippen LogP contribution in [0.2, 0.25) is 0 Å². The number of carbonyl (C=O) groups is 2. The van der Waals surface area contributed by atoms with E-state index in [-0.39, 0.29) is 17.9 Å². The highest BCUT2D eigenvalue weighted by molar-refractivity contribution is 5.90. The van der Waals surface area contributed by atoms with Crippen LogP contribution in [0.15, 0.2) is 48.5 Å². The van der Waals surface area contributed by atoms with Crippen molar-refractivity contribution in [3.63, 3.8) is 0 Å². The zero-order valence-electron chi connectivity index (χ0n) is 12.4. The molecule has 0 aliphatic carbocycles. The standard InChI is InChI=1S/C17H17NO5/c19-15-7-6-12(10-14(15)16(20)21)8-9-18-17(22)23-11-13-4-2-1-3-5-13/h1-7,10,19H,8-9,11H2,(H,18,22)(H,20,21). The number of aromatic hydroxyl groups is 1. The van der Waals surface area contributed by atoms with Gasteiger partial charge in [0.25, 0.3) is 0 Å². The van der Waals surface area contributed by atoms with Gasteiger partial charge in [-0.1, -0.05) is 36.4 Å². The van der Waals surface area contributed by atoms with Gasteiger partial charge in [0, 0.05) is 6.54 Å². The zero-order chi connectivity index (χ0) is 16.7. The van der Waals surface area contributed by atoms with Crippen molar-refractivity contribution in [3.05, 3.63) is 65.2 Å². The Balaban J connectivity index is 1.77. The van der Waals surface area contributed by atoms with Crippen LogP contribution >= 0.6 is 0 Å². The molecule has 0 saturated heterocycles. The quantitative estimate of drug-likeness (QED) is 0.761. The number of rotatable bonds is 6. The van der Waals surface area contributed by atoms with Gasteiger partial charge in [-0.3, -0.25) is 0 Å². The summed E-state index contributed by atoms with van der Waals surface area (Å²) in [4.78, 5) is 22.5. The fraction of sp³-hybridized carbons (Fsp3) is 0.176. The van der Waals surface area contributed by atoms with Crippen molar-refractivity contribution in [2.75, 3.05) is 6.54 Å². The lowest BCUT2D eigenvalue weighted by Crippen LogP contribution is -2.26. The lowest BCUT2D eigenvalue weighted by molar-refractivity contribution is 0.0693. The van der Waals surface area contributed by atoms with Crippen LogP contribution in [0.3, 0.4) is 0 Å². The lowest BCUT2D eigenvalue weighted by Gasteiger charge is -2.08. The molecule has 0 radical (unpaired) electrons. The van der Waals surface area contributed by atoms with Crippen LogP contribution < -0.4 is 5.32 Å². The Morgan fingerprint density at radius 3 is 2.48 bits per heavy atom. The average molecular weight is 315 g/mol. The number of nitrogens with one attached hydrogen (secondary N) is 1. The van der Waals surface area contributed by atoms with Crippen molar-refractivity contribution in [1.29, 1.82) is 0 Å². The summed E-state index contributed by atoms with van der Waals surface area (Å²) in [6.45, 7) is 0.493. The second kappa shape index (κ2) is 7.84. The molecule has 0 unspecified atom stereocenters. The van der Waals surface area contributed by atoms with Crippen LogP contribution in [-0.2, 0) is 17.8 Å². The molecule has 0 atom stereocenters. The molecule has 6 heteroatoms. The van der Waals surface area contributed by atoms with Crippen molar-refractivity contribution in [1.82, 2.24) is 5.32 Å². The monoisotopic (exact) mass is 315 g/mol. The summed E-state index contributed by atoms with van der Waals surface area (Å²) in [6.07, 6.45) is -0.104. The first-order valence-corrected chi connectivity index (χ1v) is 7.06. The molecule has 0 fully saturated rings. The first kappa shape index (κ1) is 16.4. The summed E-state index contributed by atoms with van der Waals surface area (Å²) in [5.41, 5.74) is 1.44. The van der Waals surface area contributed by atoms with Gasteiger partial charge in [-0.25, -0.2) is 9.59 Å². The molecule has 0 heterocycles. The molecule has 0 spiro atoms. The maximum Gasteiger partial charge on any atom is 0.407 e. The summed E-state index contributed by atoms with van der Waals surface area (Å²) >= 11 is 0. The maximum absolute atomic E-state index is 11.6. The number of hydrogen-bond donors (Lipinski definition) is 3. The van der Waals surface area contributed by atoms with Crippen LogP contribution in [0.5, 0.6) is 5.75 Å². The lowest BCUT2D eigenvalue weighted by atomic mass is 10.1. The summed E-state index contributed by atoms with van der Waals surface area (Å²) < 4.78 is 5.06. The number of hydrogen-bond acceptors (Lipinski definition) is 4. The largest absolute Gasteiger partial charge is 0.507 e. The number of alkyl carbamates (subject to hydrolysis) is 1. The highest BCUT2D eigenvalue weighted by atomic mass is 16.5. The molecule has 0 bridgehead atoms. The molecule has 0 aliphatic rings. The molecule has 0 aromatic heterocycles. The number of carbonyl (C=O) groups excluding carboxylic acids is 1. The summed E-state index contributed by atoms with van der Waals surface area (Å²) in [5.74, 6) is -1.48. The van der Waals surface area contributed by atoms with E-state index < -0.39 is 12.1 Å². The van der Waals surface area contributed by atoms with Gasteiger partial charge in [0.15, 0.2) is 0 Å². The number of aromatic carboxylic acids is 1. The maximum atomic E-state index is 11.6. The minimum Gasteiger partial charge on any atom is -0.507 e. The highest BCUT2D eigenvalue weighted by Crippen LogP contribution is 2.18.